The fourth-order valence-corrected chi connectivity index (χ4v) is 2.73. The number of amides is 1. The van der Waals surface area contributed by atoms with Gasteiger partial charge in [0.15, 0.2) is 0 Å². The molecule has 4 nitrogen and oxygen atoms in total. The number of rotatable bonds is 6. The maximum atomic E-state index is 13.0. The molecule has 0 fully saturated rings. The van der Waals surface area contributed by atoms with Crippen molar-refractivity contribution in [2.75, 3.05) is 5.32 Å². The van der Waals surface area contributed by atoms with Crippen LogP contribution < -0.4 is 10.1 Å². The maximum Gasteiger partial charge on any atom is 0.311 e. The lowest BCUT2D eigenvalue weighted by Gasteiger charge is -2.12. The van der Waals surface area contributed by atoms with Gasteiger partial charge in [-0.3, -0.25) is 9.59 Å². The number of halogens is 1. The first-order valence-corrected chi connectivity index (χ1v) is 8.94. The summed E-state index contributed by atoms with van der Waals surface area (Å²) in [6.07, 6.45) is 0.179. The summed E-state index contributed by atoms with van der Waals surface area (Å²) in [5.74, 6) is -0.583. The fraction of sp³-hybridized carbons (Fsp3) is 0.130. The van der Waals surface area contributed by atoms with Crippen LogP contribution in [0.25, 0.3) is 0 Å². The molecule has 0 aliphatic rings. The van der Waals surface area contributed by atoms with Crippen molar-refractivity contribution in [2.24, 2.45) is 0 Å². The molecule has 0 radical (unpaired) electrons. The van der Waals surface area contributed by atoms with Gasteiger partial charge in [-0.2, -0.15) is 0 Å². The first-order valence-electron chi connectivity index (χ1n) is 8.94. The molecule has 0 aliphatic heterocycles. The van der Waals surface area contributed by atoms with Crippen molar-refractivity contribution < 1.29 is 18.7 Å². The summed E-state index contributed by atoms with van der Waals surface area (Å²) in [6, 6.07) is 21.6. The molecule has 3 rings (SSSR count). The average molecular weight is 377 g/mol. The van der Waals surface area contributed by atoms with E-state index in [1.54, 1.807) is 60.7 Å². The summed E-state index contributed by atoms with van der Waals surface area (Å²) in [5, 5.41) is 2.79. The van der Waals surface area contributed by atoms with Gasteiger partial charge in [-0.1, -0.05) is 37.3 Å². The largest absolute Gasteiger partial charge is 0.427 e. The third-order valence-corrected chi connectivity index (χ3v) is 4.29. The van der Waals surface area contributed by atoms with Crippen LogP contribution in [0.2, 0.25) is 0 Å². The number of nitrogens with one attached hydrogen (secondary N) is 1. The Hall–Kier alpha value is -3.47. The number of carbonyl (C=O) groups excluding carboxylic acids is 2. The van der Waals surface area contributed by atoms with E-state index in [-0.39, 0.29) is 30.0 Å². The van der Waals surface area contributed by atoms with Gasteiger partial charge in [0, 0.05) is 11.3 Å². The Morgan fingerprint density at radius 3 is 2.21 bits per heavy atom. The van der Waals surface area contributed by atoms with Crippen LogP contribution in [0.4, 0.5) is 10.1 Å². The van der Waals surface area contributed by atoms with Crippen LogP contribution >= 0.6 is 0 Å². The highest BCUT2D eigenvalue weighted by Gasteiger charge is 2.13. The van der Waals surface area contributed by atoms with E-state index >= 15 is 0 Å². The fourth-order valence-electron chi connectivity index (χ4n) is 2.73. The molecule has 1 atom stereocenters. The molecule has 28 heavy (non-hydrogen) atoms. The molecule has 1 amide bonds. The number of hydrogen-bond acceptors (Lipinski definition) is 3. The van der Waals surface area contributed by atoms with Gasteiger partial charge in [-0.15, -0.1) is 0 Å². The van der Waals surface area contributed by atoms with Gasteiger partial charge in [0.2, 0.25) is 0 Å². The Bertz CT molecular complexity index is 938. The highest BCUT2D eigenvalue weighted by atomic mass is 19.1. The van der Waals surface area contributed by atoms with Crippen molar-refractivity contribution in [1.29, 1.82) is 0 Å². The minimum atomic E-state index is -0.377. The van der Waals surface area contributed by atoms with Crippen LogP contribution in [0.15, 0.2) is 78.9 Å². The van der Waals surface area contributed by atoms with Crippen molar-refractivity contribution in [1.82, 2.24) is 0 Å². The quantitative estimate of drug-likeness (QED) is 0.476. The first kappa shape index (κ1) is 19.3. The summed E-state index contributed by atoms with van der Waals surface area (Å²) in [6.45, 7) is 1.89. The Morgan fingerprint density at radius 1 is 0.929 bits per heavy atom. The van der Waals surface area contributed by atoms with Crippen molar-refractivity contribution in [3.05, 3.63) is 95.8 Å². The SMILES string of the molecule is CC(CC(=O)Oc1ccc(NC(=O)c2ccccc2)cc1)c1ccc(F)cc1. The predicted octanol–water partition coefficient (Wildman–Crippen LogP) is 5.18. The zero-order valence-corrected chi connectivity index (χ0v) is 15.4. The smallest absolute Gasteiger partial charge is 0.311 e. The summed E-state index contributed by atoms with van der Waals surface area (Å²) < 4.78 is 18.3. The lowest BCUT2D eigenvalue weighted by atomic mass is 9.98. The van der Waals surface area contributed by atoms with Crippen LogP contribution in [0.1, 0.15) is 35.2 Å². The number of carbonyl (C=O) groups is 2. The lowest BCUT2D eigenvalue weighted by Crippen LogP contribution is -2.12. The second-order valence-electron chi connectivity index (χ2n) is 6.48. The second kappa shape index (κ2) is 8.95. The van der Waals surface area contributed by atoms with Gasteiger partial charge < -0.3 is 10.1 Å². The summed E-state index contributed by atoms with van der Waals surface area (Å²) in [7, 11) is 0. The van der Waals surface area contributed by atoms with Crippen molar-refractivity contribution in [3.63, 3.8) is 0 Å². The molecule has 3 aromatic rings. The molecule has 0 saturated carbocycles. The average Bonchev–Trinajstić information content (AvgIpc) is 2.70. The van der Waals surface area contributed by atoms with Crippen LogP contribution in [-0.4, -0.2) is 11.9 Å². The number of benzene rings is 3. The minimum Gasteiger partial charge on any atom is -0.427 e. The van der Waals surface area contributed by atoms with Gasteiger partial charge in [0.05, 0.1) is 6.42 Å². The molecule has 0 aliphatic carbocycles. The number of ether oxygens (including phenoxy) is 1. The zero-order valence-electron chi connectivity index (χ0n) is 15.4. The molecule has 0 bridgehead atoms. The van der Waals surface area contributed by atoms with Gasteiger partial charge in [-0.05, 0) is 60.0 Å². The molecule has 1 N–H and O–H groups in total. The Balaban J connectivity index is 1.54. The molecule has 0 spiro atoms. The third-order valence-electron chi connectivity index (χ3n) is 4.29. The van der Waals surface area contributed by atoms with Gasteiger partial charge in [0.25, 0.3) is 5.91 Å². The van der Waals surface area contributed by atoms with E-state index in [1.165, 1.54) is 12.1 Å². The van der Waals surface area contributed by atoms with E-state index in [0.29, 0.717) is 17.0 Å². The normalized spacial score (nSPS) is 11.5. The Kier molecular flexibility index (Phi) is 6.17. The number of hydrogen-bond donors (Lipinski definition) is 1. The zero-order chi connectivity index (χ0) is 19.9. The molecule has 0 saturated heterocycles. The van der Waals surface area contributed by atoms with Crippen molar-refractivity contribution in [3.8, 4) is 5.75 Å². The van der Waals surface area contributed by atoms with Crippen molar-refractivity contribution >= 4 is 17.6 Å². The van der Waals surface area contributed by atoms with Gasteiger partial charge >= 0.3 is 5.97 Å². The summed E-state index contributed by atoms with van der Waals surface area (Å²) in [5.41, 5.74) is 2.04. The van der Waals surface area contributed by atoms with Crippen LogP contribution in [0.3, 0.4) is 0 Å². The second-order valence-corrected chi connectivity index (χ2v) is 6.48. The molecule has 1 unspecified atom stereocenters. The van der Waals surface area contributed by atoms with E-state index in [4.69, 9.17) is 4.74 Å². The maximum absolute atomic E-state index is 13.0. The van der Waals surface area contributed by atoms with E-state index in [2.05, 4.69) is 5.32 Å². The van der Waals surface area contributed by atoms with E-state index in [9.17, 15) is 14.0 Å². The van der Waals surface area contributed by atoms with Crippen molar-refractivity contribution in [2.45, 2.75) is 19.3 Å². The number of esters is 1. The molecular weight excluding hydrogens is 357 g/mol. The topological polar surface area (TPSA) is 55.4 Å². The molecule has 0 heterocycles. The standard InChI is InChI=1S/C23H20FNO3/c1-16(17-7-9-19(24)10-8-17)15-22(26)28-21-13-11-20(12-14-21)25-23(27)18-5-3-2-4-6-18/h2-14,16H,15H2,1H3,(H,25,27). The molecule has 3 aromatic carbocycles. The first-order chi connectivity index (χ1) is 13.5. The summed E-state index contributed by atoms with van der Waals surface area (Å²) in [4.78, 5) is 24.3. The predicted molar refractivity (Wildman–Crippen MR) is 106 cm³/mol. The monoisotopic (exact) mass is 377 g/mol. The summed E-state index contributed by atoms with van der Waals surface area (Å²) >= 11 is 0. The van der Waals surface area contributed by atoms with Crippen LogP contribution in [-0.2, 0) is 4.79 Å². The molecule has 5 heteroatoms. The lowest BCUT2D eigenvalue weighted by molar-refractivity contribution is -0.134. The van der Waals surface area contributed by atoms with Crippen LogP contribution in [0.5, 0.6) is 5.75 Å². The van der Waals surface area contributed by atoms with Crippen LogP contribution in [0, 0.1) is 5.82 Å². The molecule has 142 valence electrons. The molecular formula is C23H20FNO3. The van der Waals surface area contributed by atoms with Gasteiger partial charge in [0.1, 0.15) is 11.6 Å². The third kappa shape index (κ3) is 5.27. The highest BCUT2D eigenvalue weighted by molar-refractivity contribution is 6.04. The van der Waals surface area contributed by atoms with Gasteiger partial charge in [-0.25, -0.2) is 4.39 Å². The van der Waals surface area contributed by atoms with E-state index < -0.39 is 0 Å². The highest BCUT2D eigenvalue weighted by Crippen LogP contribution is 2.22. The van der Waals surface area contributed by atoms with E-state index in [0.717, 1.165) is 5.56 Å². The molecule has 0 aromatic heterocycles. The minimum absolute atomic E-state index is 0.0856. The Morgan fingerprint density at radius 2 is 1.57 bits per heavy atom. The number of anilines is 1. The van der Waals surface area contributed by atoms with E-state index in [1.807, 2.05) is 13.0 Å². The Labute approximate surface area is 163 Å².